The molecule has 0 saturated carbocycles. The monoisotopic (exact) mass is 415 g/mol. The standard InChI is InChI=1S/C23H34ClN5/c1-15-12-19(26-13-15)10-11-20-27-22(25)21(16(2)28-23(3,4)5)29(20)14-17-6-8-18(24)9-7-17/h6-9,13,19-20,26-28H,2,10-12,14,25H2,1,3-5H3. The van der Waals surface area contributed by atoms with Gasteiger partial charge in [0.2, 0.25) is 0 Å². The average Bonchev–Trinajstić information content (AvgIpc) is 3.16. The number of benzene rings is 1. The Hall–Kier alpha value is -2.27. The highest BCUT2D eigenvalue weighted by Crippen LogP contribution is 2.29. The maximum atomic E-state index is 6.44. The summed E-state index contributed by atoms with van der Waals surface area (Å²) in [5.41, 5.74) is 10.7. The van der Waals surface area contributed by atoms with Crippen molar-refractivity contribution in [1.29, 1.82) is 0 Å². The van der Waals surface area contributed by atoms with E-state index in [1.54, 1.807) is 0 Å². The molecule has 2 aliphatic rings. The van der Waals surface area contributed by atoms with E-state index in [1.807, 2.05) is 12.1 Å². The minimum absolute atomic E-state index is 0.0919. The van der Waals surface area contributed by atoms with E-state index in [2.05, 4.69) is 73.5 Å². The van der Waals surface area contributed by atoms with Crippen LogP contribution in [-0.2, 0) is 6.54 Å². The minimum atomic E-state index is -0.0919. The van der Waals surface area contributed by atoms with Gasteiger partial charge in [0, 0.05) is 23.1 Å². The molecule has 6 heteroatoms. The largest absolute Gasteiger partial charge is 0.388 e. The van der Waals surface area contributed by atoms with E-state index in [4.69, 9.17) is 17.3 Å². The molecule has 0 saturated heterocycles. The van der Waals surface area contributed by atoms with Gasteiger partial charge in [-0.1, -0.05) is 35.9 Å². The number of nitrogens with one attached hydrogen (secondary N) is 3. The van der Waals surface area contributed by atoms with Crippen molar-refractivity contribution in [3.8, 4) is 0 Å². The summed E-state index contributed by atoms with van der Waals surface area (Å²) >= 11 is 6.07. The summed E-state index contributed by atoms with van der Waals surface area (Å²) in [4.78, 5) is 2.33. The molecule has 1 aromatic carbocycles. The summed E-state index contributed by atoms with van der Waals surface area (Å²) in [5, 5.41) is 11.2. The molecular formula is C23H34ClN5. The van der Waals surface area contributed by atoms with E-state index in [1.165, 1.54) is 11.1 Å². The Balaban J connectivity index is 1.76. The third kappa shape index (κ3) is 5.63. The molecule has 29 heavy (non-hydrogen) atoms. The van der Waals surface area contributed by atoms with Crippen molar-refractivity contribution in [2.75, 3.05) is 0 Å². The zero-order valence-electron chi connectivity index (χ0n) is 18.0. The second kappa shape index (κ2) is 8.62. The summed E-state index contributed by atoms with van der Waals surface area (Å²) in [6.07, 6.45) is 5.42. The van der Waals surface area contributed by atoms with Crippen LogP contribution in [0, 0.1) is 0 Å². The quantitative estimate of drug-likeness (QED) is 0.538. The molecule has 2 atom stereocenters. The molecule has 0 radical (unpaired) electrons. The molecule has 3 rings (SSSR count). The Morgan fingerprint density at radius 2 is 1.97 bits per heavy atom. The number of rotatable bonds is 7. The SMILES string of the molecule is C=C(NC(C)(C)C)C1=C(N)NC(CCC2CC(C)=CN2)N1Cc1ccc(Cl)cc1. The van der Waals surface area contributed by atoms with E-state index in [0.717, 1.165) is 42.2 Å². The molecule has 0 spiro atoms. The second-order valence-electron chi connectivity index (χ2n) is 9.17. The van der Waals surface area contributed by atoms with Crippen LogP contribution in [0.1, 0.15) is 52.5 Å². The zero-order valence-corrected chi connectivity index (χ0v) is 18.7. The molecule has 5 N–H and O–H groups in total. The summed E-state index contributed by atoms with van der Waals surface area (Å²) in [6, 6.07) is 8.49. The van der Waals surface area contributed by atoms with Crippen molar-refractivity contribution >= 4 is 11.6 Å². The molecule has 0 aromatic heterocycles. The third-order valence-electron chi connectivity index (χ3n) is 5.24. The van der Waals surface area contributed by atoms with Crippen molar-refractivity contribution < 1.29 is 0 Å². The van der Waals surface area contributed by atoms with Crippen LogP contribution < -0.4 is 21.7 Å². The highest BCUT2D eigenvalue weighted by atomic mass is 35.5. The molecular weight excluding hydrogens is 382 g/mol. The van der Waals surface area contributed by atoms with Crippen molar-refractivity contribution in [1.82, 2.24) is 20.9 Å². The lowest BCUT2D eigenvalue weighted by molar-refractivity contribution is 0.229. The highest BCUT2D eigenvalue weighted by Gasteiger charge is 2.33. The summed E-state index contributed by atoms with van der Waals surface area (Å²) in [6.45, 7) is 13.6. The highest BCUT2D eigenvalue weighted by molar-refractivity contribution is 6.30. The topological polar surface area (TPSA) is 65.3 Å². The lowest BCUT2D eigenvalue weighted by Gasteiger charge is -2.33. The van der Waals surface area contributed by atoms with Gasteiger partial charge in [0.1, 0.15) is 17.7 Å². The number of nitrogens with two attached hydrogens (primary N) is 1. The minimum Gasteiger partial charge on any atom is -0.388 e. The van der Waals surface area contributed by atoms with Crippen LogP contribution >= 0.6 is 11.6 Å². The van der Waals surface area contributed by atoms with Gasteiger partial charge in [-0.25, -0.2) is 0 Å². The van der Waals surface area contributed by atoms with Crippen molar-refractivity contribution in [3.63, 3.8) is 0 Å². The second-order valence-corrected chi connectivity index (χ2v) is 9.60. The van der Waals surface area contributed by atoms with E-state index in [-0.39, 0.29) is 11.7 Å². The fourth-order valence-electron chi connectivity index (χ4n) is 4.00. The van der Waals surface area contributed by atoms with Crippen LogP contribution in [0.3, 0.4) is 0 Å². The van der Waals surface area contributed by atoms with E-state index in [0.29, 0.717) is 11.9 Å². The van der Waals surface area contributed by atoms with Gasteiger partial charge < -0.3 is 26.6 Å². The van der Waals surface area contributed by atoms with Crippen molar-refractivity contribution in [2.45, 2.75) is 71.2 Å². The Kier molecular flexibility index (Phi) is 6.37. The maximum Gasteiger partial charge on any atom is 0.124 e. The first-order valence-electron chi connectivity index (χ1n) is 10.3. The molecule has 5 nitrogen and oxygen atoms in total. The van der Waals surface area contributed by atoms with Crippen LogP contribution in [0.4, 0.5) is 0 Å². The van der Waals surface area contributed by atoms with Gasteiger partial charge in [-0.05, 0) is 70.9 Å². The predicted molar refractivity (Wildman–Crippen MR) is 122 cm³/mol. The van der Waals surface area contributed by atoms with Crippen LogP contribution in [-0.4, -0.2) is 22.6 Å². The lowest BCUT2D eigenvalue weighted by atomic mass is 10.0. The maximum absolute atomic E-state index is 6.44. The fraction of sp³-hybridized carbons (Fsp3) is 0.478. The normalized spacial score (nSPS) is 21.7. The smallest absolute Gasteiger partial charge is 0.124 e. The molecule has 1 aromatic rings. The molecule has 0 bridgehead atoms. The van der Waals surface area contributed by atoms with Gasteiger partial charge in [-0.3, -0.25) is 0 Å². The number of hydrogen-bond acceptors (Lipinski definition) is 5. The van der Waals surface area contributed by atoms with E-state index < -0.39 is 0 Å². The van der Waals surface area contributed by atoms with E-state index in [9.17, 15) is 0 Å². The van der Waals surface area contributed by atoms with Gasteiger partial charge in [-0.15, -0.1) is 0 Å². The van der Waals surface area contributed by atoms with Crippen LogP contribution in [0.5, 0.6) is 0 Å². The fourth-order valence-corrected chi connectivity index (χ4v) is 4.12. The number of halogens is 1. The summed E-state index contributed by atoms with van der Waals surface area (Å²) in [5.74, 6) is 0.680. The molecule has 0 amide bonds. The first-order chi connectivity index (χ1) is 13.6. The molecule has 158 valence electrons. The molecule has 2 unspecified atom stereocenters. The number of nitrogens with zero attached hydrogens (tertiary/aromatic N) is 1. The Labute approximate surface area is 180 Å². The van der Waals surface area contributed by atoms with Crippen molar-refractivity contribution in [3.05, 3.63) is 70.4 Å². The Bertz CT molecular complexity index is 804. The lowest BCUT2D eigenvalue weighted by Crippen LogP contribution is -2.41. The van der Waals surface area contributed by atoms with Crippen LogP contribution in [0.15, 0.2) is 59.8 Å². The predicted octanol–water partition coefficient (Wildman–Crippen LogP) is 4.15. The average molecular weight is 416 g/mol. The molecule has 0 fully saturated rings. The molecule has 2 heterocycles. The van der Waals surface area contributed by atoms with Gasteiger partial charge in [-0.2, -0.15) is 0 Å². The first-order valence-corrected chi connectivity index (χ1v) is 10.7. The van der Waals surface area contributed by atoms with Crippen molar-refractivity contribution in [2.24, 2.45) is 5.73 Å². The Morgan fingerprint density at radius 3 is 2.55 bits per heavy atom. The van der Waals surface area contributed by atoms with Gasteiger partial charge in [0.25, 0.3) is 0 Å². The third-order valence-corrected chi connectivity index (χ3v) is 5.49. The number of hydrogen-bond donors (Lipinski definition) is 4. The van der Waals surface area contributed by atoms with Crippen LogP contribution in [0.25, 0.3) is 0 Å². The molecule has 0 aliphatic carbocycles. The van der Waals surface area contributed by atoms with Gasteiger partial charge >= 0.3 is 0 Å². The first kappa shape index (κ1) is 21.4. The summed E-state index contributed by atoms with van der Waals surface area (Å²) < 4.78 is 0. The Morgan fingerprint density at radius 1 is 1.28 bits per heavy atom. The molecule has 2 aliphatic heterocycles. The summed E-state index contributed by atoms with van der Waals surface area (Å²) in [7, 11) is 0. The van der Waals surface area contributed by atoms with Crippen LogP contribution in [0.2, 0.25) is 5.02 Å². The van der Waals surface area contributed by atoms with Gasteiger partial charge in [0.15, 0.2) is 0 Å². The zero-order chi connectivity index (χ0) is 21.2. The van der Waals surface area contributed by atoms with E-state index >= 15 is 0 Å². The van der Waals surface area contributed by atoms with Gasteiger partial charge in [0.05, 0.1) is 5.70 Å².